The lowest BCUT2D eigenvalue weighted by Crippen LogP contribution is -2.34. The second kappa shape index (κ2) is 24.6. The molecular weight excluding hydrogens is 500 g/mol. The molecule has 0 radical (unpaired) electrons. The molecule has 36 heavy (non-hydrogen) atoms. The Morgan fingerprint density at radius 1 is 0.389 bits per heavy atom. The third-order valence-electron chi connectivity index (χ3n) is 4.15. The number of hydrogen-bond donors (Lipinski definition) is 2. The highest BCUT2D eigenvalue weighted by molar-refractivity contribution is 4.77. The Morgan fingerprint density at radius 3 is 1.06 bits per heavy atom. The smallest absolute Gasteiger partial charge is 0.276 e. The SMILES string of the molecule is OCCOCCOCCOCCOCCC(F)(F)CC(F)(F)COCCOCCOCCOCCO. The average Bonchev–Trinajstić information content (AvgIpc) is 2.82. The molecule has 2 N–H and O–H groups in total. The van der Waals surface area contributed by atoms with Crippen molar-refractivity contribution in [2.45, 2.75) is 24.7 Å². The highest BCUT2D eigenvalue weighted by atomic mass is 19.3. The van der Waals surface area contributed by atoms with Crippen molar-refractivity contribution < 1.29 is 65.7 Å². The van der Waals surface area contributed by atoms with Gasteiger partial charge in [-0.1, -0.05) is 0 Å². The van der Waals surface area contributed by atoms with Crippen LogP contribution in [0.5, 0.6) is 0 Å². The average molecular weight is 543 g/mol. The van der Waals surface area contributed by atoms with Crippen molar-refractivity contribution in [2.75, 3.05) is 119 Å². The maximum atomic E-state index is 13.8. The summed E-state index contributed by atoms with van der Waals surface area (Å²) in [5.41, 5.74) is 0. The van der Waals surface area contributed by atoms with Gasteiger partial charge in [0.05, 0.1) is 119 Å². The first-order valence-electron chi connectivity index (χ1n) is 11.9. The van der Waals surface area contributed by atoms with E-state index in [1.165, 1.54) is 0 Å². The Hall–Kier alpha value is -0.680. The van der Waals surface area contributed by atoms with Crippen LogP contribution in [0.4, 0.5) is 17.6 Å². The van der Waals surface area contributed by atoms with E-state index in [0.29, 0.717) is 33.0 Å². The molecule has 0 bridgehead atoms. The van der Waals surface area contributed by atoms with Gasteiger partial charge in [-0.15, -0.1) is 0 Å². The number of aliphatic hydroxyl groups excluding tert-OH is 2. The van der Waals surface area contributed by atoms with Crippen LogP contribution in [0, 0.1) is 0 Å². The van der Waals surface area contributed by atoms with Crippen molar-refractivity contribution in [2.24, 2.45) is 0 Å². The van der Waals surface area contributed by atoms with E-state index in [-0.39, 0.29) is 79.3 Å². The zero-order chi connectivity index (χ0) is 26.8. The lowest BCUT2D eigenvalue weighted by Gasteiger charge is -2.23. The second-order valence-electron chi connectivity index (χ2n) is 7.43. The van der Waals surface area contributed by atoms with Gasteiger partial charge in [-0.3, -0.25) is 0 Å². The summed E-state index contributed by atoms with van der Waals surface area (Å²) < 4.78 is 95.8. The standard InChI is InChI=1S/C22H42F4O10/c23-21(24,1-4-29-7-10-32-13-14-33-11-8-30-5-2-27)19-22(25,26)20-36-18-17-35-16-15-34-12-9-31-6-3-28/h27-28H,1-20H2. The molecule has 0 spiro atoms. The molecule has 0 aromatic heterocycles. The van der Waals surface area contributed by atoms with Crippen molar-refractivity contribution in [3.05, 3.63) is 0 Å². The molecule has 14 heteroatoms. The maximum absolute atomic E-state index is 13.8. The van der Waals surface area contributed by atoms with E-state index in [0.717, 1.165) is 0 Å². The van der Waals surface area contributed by atoms with Crippen LogP contribution in [0.3, 0.4) is 0 Å². The summed E-state index contributed by atoms with van der Waals surface area (Å²) in [5.74, 6) is -7.29. The van der Waals surface area contributed by atoms with Crippen molar-refractivity contribution in [1.82, 2.24) is 0 Å². The molecule has 0 aromatic rings. The highest BCUT2D eigenvalue weighted by Crippen LogP contribution is 2.33. The van der Waals surface area contributed by atoms with Crippen LogP contribution in [0.25, 0.3) is 0 Å². The van der Waals surface area contributed by atoms with Gasteiger partial charge in [0.25, 0.3) is 11.8 Å². The molecule has 0 rings (SSSR count). The van der Waals surface area contributed by atoms with Gasteiger partial charge in [-0.05, 0) is 0 Å². The summed E-state index contributed by atoms with van der Waals surface area (Å²) in [6.45, 7) is 1.43. The summed E-state index contributed by atoms with van der Waals surface area (Å²) in [7, 11) is 0. The van der Waals surface area contributed by atoms with E-state index in [2.05, 4.69) is 0 Å². The van der Waals surface area contributed by atoms with E-state index in [9.17, 15) is 17.6 Å². The predicted molar refractivity (Wildman–Crippen MR) is 120 cm³/mol. The highest BCUT2D eigenvalue weighted by Gasteiger charge is 2.43. The summed E-state index contributed by atoms with van der Waals surface area (Å²) in [5, 5.41) is 17.0. The Kier molecular flexibility index (Phi) is 24.2. The molecule has 0 aliphatic heterocycles. The molecule has 0 heterocycles. The van der Waals surface area contributed by atoms with Gasteiger partial charge in [0.15, 0.2) is 0 Å². The van der Waals surface area contributed by atoms with Gasteiger partial charge in [0.2, 0.25) is 0 Å². The third-order valence-corrected chi connectivity index (χ3v) is 4.15. The number of hydrogen-bond acceptors (Lipinski definition) is 10. The first-order chi connectivity index (χ1) is 17.3. The molecule has 0 fully saturated rings. The van der Waals surface area contributed by atoms with Crippen LogP contribution in [0.2, 0.25) is 0 Å². The molecule has 0 saturated carbocycles. The second-order valence-corrected chi connectivity index (χ2v) is 7.43. The molecule has 0 saturated heterocycles. The maximum Gasteiger partial charge on any atom is 0.276 e. The van der Waals surface area contributed by atoms with Gasteiger partial charge in [0.1, 0.15) is 6.61 Å². The van der Waals surface area contributed by atoms with Crippen LogP contribution in [-0.2, 0) is 37.9 Å². The number of alkyl halides is 4. The number of aliphatic hydroxyl groups is 2. The molecule has 0 aromatic carbocycles. The Morgan fingerprint density at radius 2 is 0.694 bits per heavy atom. The summed E-state index contributed by atoms with van der Waals surface area (Å²) in [6.07, 6.45) is -2.47. The van der Waals surface area contributed by atoms with Crippen LogP contribution in [0.1, 0.15) is 12.8 Å². The van der Waals surface area contributed by atoms with E-state index < -0.39 is 31.3 Å². The fourth-order valence-electron chi connectivity index (χ4n) is 2.51. The quantitative estimate of drug-likeness (QED) is 0.105. The third kappa shape index (κ3) is 26.4. The van der Waals surface area contributed by atoms with Crippen LogP contribution >= 0.6 is 0 Å². The Labute approximate surface area is 210 Å². The number of ether oxygens (including phenoxy) is 8. The van der Waals surface area contributed by atoms with Crippen molar-refractivity contribution in [1.29, 1.82) is 0 Å². The topological polar surface area (TPSA) is 114 Å². The predicted octanol–water partition coefficient (Wildman–Crippen LogP) is 1.15. The van der Waals surface area contributed by atoms with Gasteiger partial charge in [-0.2, -0.15) is 0 Å². The van der Waals surface area contributed by atoms with Crippen molar-refractivity contribution in [3.8, 4) is 0 Å². The first kappa shape index (κ1) is 35.3. The van der Waals surface area contributed by atoms with E-state index in [1.54, 1.807) is 0 Å². The minimum Gasteiger partial charge on any atom is -0.394 e. The lowest BCUT2D eigenvalue weighted by molar-refractivity contribution is -0.152. The number of halogens is 4. The van der Waals surface area contributed by atoms with E-state index in [1.807, 2.05) is 0 Å². The molecule has 10 nitrogen and oxygen atoms in total. The fourth-order valence-corrected chi connectivity index (χ4v) is 2.51. The molecule has 218 valence electrons. The Balaban J connectivity index is 3.58. The van der Waals surface area contributed by atoms with Gasteiger partial charge in [-0.25, -0.2) is 17.6 Å². The first-order valence-corrected chi connectivity index (χ1v) is 11.9. The van der Waals surface area contributed by atoms with E-state index in [4.69, 9.17) is 48.1 Å². The monoisotopic (exact) mass is 542 g/mol. The minimum absolute atomic E-state index is 0.0257. The largest absolute Gasteiger partial charge is 0.394 e. The summed E-state index contributed by atoms with van der Waals surface area (Å²) in [6, 6.07) is 0. The van der Waals surface area contributed by atoms with Gasteiger partial charge in [0, 0.05) is 6.42 Å². The summed E-state index contributed by atoms with van der Waals surface area (Å²) >= 11 is 0. The zero-order valence-electron chi connectivity index (χ0n) is 20.8. The van der Waals surface area contributed by atoms with Crippen molar-refractivity contribution >= 4 is 0 Å². The lowest BCUT2D eigenvalue weighted by atomic mass is 10.1. The van der Waals surface area contributed by atoms with Gasteiger partial charge >= 0.3 is 0 Å². The molecular formula is C22H42F4O10. The molecule has 0 unspecified atom stereocenters. The minimum atomic E-state index is -3.69. The fraction of sp³-hybridized carbons (Fsp3) is 1.00. The molecule has 0 atom stereocenters. The molecule has 0 amide bonds. The zero-order valence-corrected chi connectivity index (χ0v) is 20.8. The van der Waals surface area contributed by atoms with Crippen LogP contribution < -0.4 is 0 Å². The van der Waals surface area contributed by atoms with Crippen LogP contribution in [-0.4, -0.2) is 141 Å². The van der Waals surface area contributed by atoms with Crippen molar-refractivity contribution in [3.63, 3.8) is 0 Å². The number of rotatable bonds is 29. The molecule has 0 aliphatic carbocycles. The Bertz CT molecular complexity index is 465. The van der Waals surface area contributed by atoms with Gasteiger partial charge < -0.3 is 48.1 Å². The van der Waals surface area contributed by atoms with E-state index >= 15 is 0 Å². The normalized spacial score (nSPS) is 12.5. The van der Waals surface area contributed by atoms with Crippen LogP contribution in [0.15, 0.2) is 0 Å². The summed E-state index contributed by atoms with van der Waals surface area (Å²) in [4.78, 5) is 0. The molecule has 0 aliphatic rings.